The normalized spacial score (nSPS) is 30.6. The SMILES string of the molecule is NCS1(c2ccc(N3CC=CC3)cc2)CCCS1. The smallest absolute Gasteiger partial charge is 0.0372 e. The summed E-state index contributed by atoms with van der Waals surface area (Å²) in [6, 6.07) is 9.17. The summed E-state index contributed by atoms with van der Waals surface area (Å²) in [6.45, 7) is 2.09. The fourth-order valence-corrected chi connectivity index (χ4v) is 8.58. The van der Waals surface area contributed by atoms with Gasteiger partial charge in [0.1, 0.15) is 0 Å². The molecule has 98 valence electrons. The maximum atomic E-state index is 6.06. The number of hydrogen-bond acceptors (Lipinski definition) is 3. The minimum atomic E-state index is -0.758. The Hall–Kier alpha value is -0.580. The maximum Gasteiger partial charge on any atom is 0.0372 e. The molecule has 4 heteroatoms. The third kappa shape index (κ3) is 2.17. The van der Waals surface area contributed by atoms with E-state index in [1.807, 2.05) is 0 Å². The van der Waals surface area contributed by atoms with E-state index in [0.717, 1.165) is 19.0 Å². The summed E-state index contributed by atoms with van der Waals surface area (Å²) in [6.07, 6.45) is 5.79. The second kappa shape index (κ2) is 5.19. The summed E-state index contributed by atoms with van der Waals surface area (Å²) in [5, 5.41) is 0. The van der Waals surface area contributed by atoms with Crippen molar-refractivity contribution < 1.29 is 0 Å². The second-order valence-electron chi connectivity index (χ2n) is 4.73. The van der Waals surface area contributed by atoms with Crippen molar-refractivity contribution in [1.82, 2.24) is 0 Å². The Morgan fingerprint density at radius 1 is 1.17 bits per heavy atom. The van der Waals surface area contributed by atoms with Crippen LogP contribution in [0.4, 0.5) is 5.69 Å². The Morgan fingerprint density at radius 2 is 1.89 bits per heavy atom. The van der Waals surface area contributed by atoms with E-state index in [2.05, 4.69) is 52.1 Å². The molecule has 0 aromatic heterocycles. The average molecular weight is 280 g/mol. The molecule has 0 amide bonds. The molecule has 1 aromatic carbocycles. The topological polar surface area (TPSA) is 29.3 Å². The zero-order valence-electron chi connectivity index (χ0n) is 10.5. The van der Waals surface area contributed by atoms with Gasteiger partial charge < -0.3 is 10.6 Å². The fraction of sp³-hybridized carbons (Fsp3) is 0.429. The van der Waals surface area contributed by atoms with Crippen molar-refractivity contribution in [2.45, 2.75) is 11.3 Å². The van der Waals surface area contributed by atoms with Crippen LogP contribution in [0.3, 0.4) is 0 Å². The fourth-order valence-electron chi connectivity index (χ4n) is 2.58. The van der Waals surface area contributed by atoms with Crippen LogP contribution in [-0.2, 0) is 0 Å². The van der Waals surface area contributed by atoms with E-state index in [1.54, 1.807) is 0 Å². The lowest BCUT2D eigenvalue weighted by Gasteiger charge is -2.33. The van der Waals surface area contributed by atoms with Gasteiger partial charge in [0.05, 0.1) is 0 Å². The van der Waals surface area contributed by atoms with Crippen molar-refractivity contribution in [1.29, 1.82) is 0 Å². The molecular formula is C14H20N2S2. The molecule has 2 aliphatic heterocycles. The number of nitrogens with zero attached hydrogens (tertiary/aromatic N) is 1. The van der Waals surface area contributed by atoms with Gasteiger partial charge in [-0.05, 0) is 36.4 Å². The van der Waals surface area contributed by atoms with Crippen LogP contribution in [0.15, 0.2) is 41.3 Å². The molecule has 2 aliphatic rings. The molecule has 0 radical (unpaired) electrons. The highest BCUT2D eigenvalue weighted by Crippen LogP contribution is 2.68. The van der Waals surface area contributed by atoms with Crippen molar-refractivity contribution in [3.8, 4) is 0 Å². The Labute approximate surface area is 114 Å². The van der Waals surface area contributed by atoms with Gasteiger partial charge in [-0.15, -0.1) is 10.8 Å². The summed E-state index contributed by atoms with van der Waals surface area (Å²) in [4.78, 5) is 3.87. The molecule has 0 bridgehead atoms. The van der Waals surface area contributed by atoms with Crippen LogP contribution in [0.2, 0.25) is 0 Å². The van der Waals surface area contributed by atoms with Gasteiger partial charge in [0.15, 0.2) is 0 Å². The van der Waals surface area contributed by atoms with Crippen LogP contribution in [0, 0.1) is 0 Å². The molecule has 0 aliphatic carbocycles. The van der Waals surface area contributed by atoms with E-state index in [0.29, 0.717) is 0 Å². The van der Waals surface area contributed by atoms with E-state index >= 15 is 0 Å². The minimum absolute atomic E-state index is 0.758. The van der Waals surface area contributed by atoms with Gasteiger partial charge >= 0.3 is 0 Å². The number of rotatable bonds is 3. The molecule has 0 saturated carbocycles. The molecule has 2 heterocycles. The lowest BCUT2D eigenvalue weighted by molar-refractivity contribution is 1.00. The maximum absolute atomic E-state index is 6.06. The van der Waals surface area contributed by atoms with Crippen molar-refractivity contribution in [3.05, 3.63) is 36.4 Å². The molecule has 0 spiro atoms. The van der Waals surface area contributed by atoms with E-state index in [-0.39, 0.29) is 0 Å². The molecule has 1 aromatic rings. The highest BCUT2D eigenvalue weighted by atomic mass is 33.2. The van der Waals surface area contributed by atoms with Crippen LogP contribution in [0.1, 0.15) is 6.42 Å². The highest BCUT2D eigenvalue weighted by molar-refractivity contribution is 8.94. The minimum Gasteiger partial charge on any atom is -0.364 e. The first-order valence-corrected chi connectivity index (χ1v) is 9.95. The third-order valence-electron chi connectivity index (χ3n) is 3.65. The zero-order chi connectivity index (χ0) is 12.4. The van der Waals surface area contributed by atoms with Gasteiger partial charge in [0.25, 0.3) is 0 Å². The van der Waals surface area contributed by atoms with Gasteiger partial charge in [-0.3, -0.25) is 0 Å². The number of hydrogen-bond donors (Lipinski definition) is 1. The van der Waals surface area contributed by atoms with Crippen LogP contribution in [-0.4, -0.2) is 30.5 Å². The van der Waals surface area contributed by atoms with Crippen LogP contribution in [0.25, 0.3) is 0 Å². The van der Waals surface area contributed by atoms with Crippen molar-refractivity contribution in [2.75, 3.05) is 35.4 Å². The van der Waals surface area contributed by atoms with Gasteiger partial charge in [-0.25, -0.2) is 0 Å². The summed E-state index contributed by atoms with van der Waals surface area (Å²) in [5.41, 5.74) is 7.39. The largest absolute Gasteiger partial charge is 0.364 e. The molecule has 1 atom stereocenters. The van der Waals surface area contributed by atoms with E-state index in [4.69, 9.17) is 5.73 Å². The van der Waals surface area contributed by atoms with Gasteiger partial charge in [-0.1, -0.05) is 12.2 Å². The van der Waals surface area contributed by atoms with Gasteiger partial charge in [0.2, 0.25) is 0 Å². The monoisotopic (exact) mass is 280 g/mol. The molecule has 18 heavy (non-hydrogen) atoms. The summed E-state index contributed by atoms with van der Waals surface area (Å²) < 4.78 is 0. The summed E-state index contributed by atoms with van der Waals surface area (Å²) in [7, 11) is 1.36. The highest BCUT2D eigenvalue weighted by Gasteiger charge is 2.29. The molecule has 2 N–H and O–H groups in total. The van der Waals surface area contributed by atoms with E-state index in [1.165, 1.54) is 28.5 Å². The van der Waals surface area contributed by atoms with E-state index < -0.39 is 9.06 Å². The molecular weight excluding hydrogens is 260 g/mol. The molecule has 1 fully saturated rings. The molecule has 1 saturated heterocycles. The lowest BCUT2D eigenvalue weighted by atomic mass is 10.3. The second-order valence-corrected chi connectivity index (χ2v) is 10.8. The number of anilines is 1. The molecule has 1 unspecified atom stereocenters. The van der Waals surface area contributed by atoms with Gasteiger partial charge in [-0.2, -0.15) is 9.06 Å². The van der Waals surface area contributed by atoms with Crippen LogP contribution < -0.4 is 10.6 Å². The Morgan fingerprint density at radius 3 is 2.44 bits per heavy atom. The number of nitrogens with two attached hydrogens (primary N) is 1. The van der Waals surface area contributed by atoms with Crippen molar-refractivity contribution in [3.63, 3.8) is 0 Å². The van der Waals surface area contributed by atoms with Crippen molar-refractivity contribution in [2.24, 2.45) is 5.73 Å². The first kappa shape index (κ1) is 12.5. The molecule has 2 nitrogen and oxygen atoms in total. The third-order valence-corrected chi connectivity index (χ3v) is 10.5. The first-order chi connectivity index (χ1) is 8.84. The zero-order valence-corrected chi connectivity index (χ0v) is 12.2. The summed E-state index contributed by atoms with van der Waals surface area (Å²) >= 11 is 0. The predicted molar refractivity (Wildman–Crippen MR) is 84.6 cm³/mol. The summed E-state index contributed by atoms with van der Waals surface area (Å²) in [5.74, 6) is 3.42. The molecule has 3 rings (SSSR count). The van der Waals surface area contributed by atoms with Gasteiger partial charge in [0, 0.05) is 35.3 Å². The average Bonchev–Trinajstić information content (AvgIpc) is 3.11. The van der Waals surface area contributed by atoms with Crippen LogP contribution >= 0.6 is 19.9 Å². The predicted octanol–water partition coefficient (Wildman–Crippen LogP) is 3.19. The van der Waals surface area contributed by atoms with E-state index in [9.17, 15) is 0 Å². The number of benzene rings is 1. The Bertz CT molecular complexity index is 428. The Balaban J connectivity index is 1.81. The first-order valence-electron chi connectivity index (χ1n) is 6.47. The Kier molecular flexibility index (Phi) is 3.59. The quantitative estimate of drug-likeness (QED) is 0.681. The van der Waals surface area contributed by atoms with Crippen LogP contribution in [0.5, 0.6) is 0 Å². The standard InChI is InChI=1S/C14H20N2S2/c15-12-18(11-3-10-17-18)14-6-4-13(5-7-14)16-8-1-2-9-16/h1-2,4-7H,3,8-12,15H2. The van der Waals surface area contributed by atoms with Crippen molar-refractivity contribution >= 4 is 25.5 Å². The lowest BCUT2D eigenvalue weighted by Crippen LogP contribution is -2.18.